The number of aryl methyl sites for hydroxylation is 1. The zero-order valence-corrected chi connectivity index (χ0v) is 11.7. The molecule has 1 aliphatic heterocycles. The molecule has 106 valence electrons. The second-order valence-corrected chi connectivity index (χ2v) is 5.16. The molecule has 0 bridgehead atoms. The van der Waals surface area contributed by atoms with E-state index in [9.17, 15) is 4.79 Å². The second-order valence-electron chi connectivity index (χ2n) is 5.16. The molecule has 0 amide bonds. The van der Waals surface area contributed by atoms with Crippen molar-refractivity contribution in [2.24, 2.45) is 0 Å². The number of likely N-dealkylation sites (N-methyl/N-ethyl adjacent to an activating group) is 1. The Kier molecular flexibility index (Phi) is 4.21. The van der Waals surface area contributed by atoms with Crippen molar-refractivity contribution >= 4 is 5.97 Å². The summed E-state index contributed by atoms with van der Waals surface area (Å²) in [7, 11) is 2.08. The molecular formula is C13H21N3O3. The molecule has 1 saturated heterocycles. The van der Waals surface area contributed by atoms with Crippen LogP contribution in [-0.4, -0.2) is 58.6 Å². The van der Waals surface area contributed by atoms with Crippen molar-refractivity contribution in [3.05, 3.63) is 17.0 Å². The van der Waals surface area contributed by atoms with Gasteiger partial charge in [-0.1, -0.05) is 0 Å². The summed E-state index contributed by atoms with van der Waals surface area (Å²) in [6, 6.07) is 0. The molecular weight excluding hydrogens is 246 g/mol. The summed E-state index contributed by atoms with van der Waals surface area (Å²) in [6.45, 7) is 7.03. The lowest BCUT2D eigenvalue weighted by atomic mass is 10.1. The summed E-state index contributed by atoms with van der Waals surface area (Å²) in [5.74, 6) is -0.820. The van der Waals surface area contributed by atoms with Crippen LogP contribution in [0.25, 0.3) is 0 Å². The fourth-order valence-electron chi connectivity index (χ4n) is 2.49. The summed E-state index contributed by atoms with van der Waals surface area (Å²) in [5, 5.41) is 13.3. The van der Waals surface area contributed by atoms with E-state index in [2.05, 4.69) is 17.0 Å². The lowest BCUT2D eigenvalue weighted by Crippen LogP contribution is -2.42. The number of hydrogen-bond acceptors (Lipinski definition) is 4. The molecule has 2 rings (SSSR count). The Hall–Kier alpha value is -1.40. The van der Waals surface area contributed by atoms with Gasteiger partial charge in [0.05, 0.1) is 31.4 Å². The van der Waals surface area contributed by atoms with Gasteiger partial charge in [-0.15, -0.1) is 0 Å². The van der Waals surface area contributed by atoms with Gasteiger partial charge in [0.15, 0.2) is 0 Å². The number of nitrogens with zero attached hydrogens (tertiary/aromatic N) is 3. The fraction of sp³-hybridized carbons (Fsp3) is 0.692. The third kappa shape index (κ3) is 3.33. The van der Waals surface area contributed by atoms with Gasteiger partial charge in [-0.25, -0.2) is 0 Å². The predicted molar refractivity (Wildman–Crippen MR) is 70.3 cm³/mol. The van der Waals surface area contributed by atoms with Crippen LogP contribution in [0.2, 0.25) is 0 Å². The molecule has 1 aliphatic rings. The summed E-state index contributed by atoms with van der Waals surface area (Å²) in [6.07, 6.45) is 0.151. The van der Waals surface area contributed by atoms with Gasteiger partial charge in [0.25, 0.3) is 0 Å². The Morgan fingerprint density at radius 2 is 2.26 bits per heavy atom. The first-order valence-electron chi connectivity index (χ1n) is 6.52. The summed E-state index contributed by atoms with van der Waals surface area (Å²) in [5.41, 5.74) is 2.54. The van der Waals surface area contributed by atoms with Crippen LogP contribution in [0.4, 0.5) is 0 Å². The number of ether oxygens (including phenoxy) is 1. The minimum atomic E-state index is -0.820. The van der Waals surface area contributed by atoms with Gasteiger partial charge in [-0.2, -0.15) is 5.10 Å². The van der Waals surface area contributed by atoms with Crippen LogP contribution >= 0.6 is 0 Å². The maximum absolute atomic E-state index is 10.8. The predicted octanol–water partition coefficient (Wildman–Crippen LogP) is 0.458. The molecule has 6 nitrogen and oxygen atoms in total. The minimum Gasteiger partial charge on any atom is -0.481 e. The van der Waals surface area contributed by atoms with Crippen molar-refractivity contribution in [3.8, 4) is 0 Å². The highest BCUT2D eigenvalue weighted by atomic mass is 16.5. The third-order valence-corrected chi connectivity index (χ3v) is 3.58. The van der Waals surface area contributed by atoms with E-state index in [0.717, 1.165) is 36.6 Å². The topological polar surface area (TPSA) is 67.6 Å². The maximum atomic E-state index is 10.8. The van der Waals surface area contributed by atoms with E-state index in [1.54, 1.807) is 0 Å². The van der Waals surface area contributed by atoms with Crippen molar-refractivity contribution in [2.45, 2.75) is 32.9 Å². The van der Waals surface area contributed by atoms with E-state index in [1.807, 2.05) is 18.5 Å². The third-order valence-electron chi connectivity index (χ3n) is 3.58. The lowest BCUT2D eigenvalue weighted by Gasteiger charge is -2.30. The Labute approximate surface area is 113 Å². The Morgan fingerprint density at radius 3 is 2.89 bits per heavy atom. The van der Waals surface area contributed by atoms with E-state index >= 15 is 0 Å². The number of morpholine rings is 1. The molecule has 1 unspecified atom stereocenters. The number of carboxylic acid groups (broad SMARTS) is 1. The Morgan fingerprint density at radius 1 is 1.53 bits per heavy atom. The zero-order chi connectivity index (χ0) is 14.0. The first-order valence-corrected chi connectivity index (χ1v) is 6.52. The zero-order valence-electron chi connectivity index (χ0n) is 11.7. The summed E-state index contributed by atoms with van der Waals surface area (Å²) >= 11 is 0. The molecule has 0 spiro atoms. The van der Waals surface area contributed by atoms with Gasteiger partial charge in [-0.3, -0.25) is 9.48 Å². The molecule has 1 aromatic rings. The van der Waals surface area contributed by atoms with Gasteiger partial charge in [0, 0.05) is 24.3 Å². The average Bonchev–Trinajstić information content (AvgIpc) is 2.57. The van der Waals surface area contributed by atoms with Gasteiger partial charge < -0.3 is 14.7 Å². The van der Waals surface area contributed by atoms with Crippen molar-refractivity contribution in [1.29, 1.82) is 0 Å². The molecule has 1 atom stereocenters. The van der Waals surface area contributed by atoms with E-state index in [-0.39, 0.29) is 12.5 Å². The van der Waals surface area contributed by atoms with E-state index < -0.39 is 5.97 Å². The van der Waals surface area contributed by atoms with Crippen molar-refractivity contribution < 1.29 is 14.6 Å². The quantitative estimate of drug-likeness (QED) is 0.858. The van der Waals surface area contributed by atoms with Crippen LogP contribution in [0.15, 0.2) is 0 Å². The number of aliphatic carboxylic acids is 1. The fourth-order valence-corrected chi connectivity index (χ4v) is 2.49. The molecule has 2 heterocycles. The number of hydrogen-bond donors (Lipinski definition) is 1. The van der Waals surface area contributed by atoms with E-state index in [1.165, 1.54) is 0 Å². The monoisotopic (exact) mass is 267 g/mol. The molecule has 1 N–H and O–H groups in total. The average molecular weight is 267 g/mol. The first-order chi connectivity index (χ1) is 8.97. The highest BCUT2D eigenvalue weighted by Gasteiger charge is 2.21. The molecule has 6 heteroatoms. The highest BCUT2D eigenvalue weighted by Crippen LogP contribution is 2.15. The molecule has 19 heavy (non-hydrogen) atoms. The SMILES string of the molecule is Cc1nn(CC2CN(C)CCO2)c(C)c1CC(=O)O. The van der Waals surface area contributed by atoms with Gasteiger partial charge in [0.1, 0.15) is 0 Å². The maximum Gasteiger partial charge on any atom is 0.307 e. The lowest BCUT2D eigenvalue weighted by molar-refractivity contribution is -0.136. The normalized spacial score (nSPS) is 20.7. The van der Waals surface area contributed by atoms with Crippen LogP contribution in [-0.2, 0) is 22.5 Å². The Balaban J connectivity index is 2.10. The van der Waals surface area contributed by atoms with Crippen molar-refractivity contribution in [3.63, 3.8) is 0 Å². The number of carboxylic acids is 1. The number of aromatic nitrogens is 2. The first kappa shape index (κ1) is 14.0. The second kappa shape index (κ2) is 5.71. The molecule has 0 aromatic carbocycles. The highest BCUT2D eigenvalue weighted by molar-refractivity contribution is 5.70. The van der Waals surface area contributed by atoms with Crippen LogP contribution < -0.4 is 0 Å². The van der Waals surface area contributed by atoms with Crippen molar-refractivity contribution in [2.75, 3.05) is 26.7 Å². The molecule has 1 aromatic heterocycles. The molecule has 0 radical (unpaired) electrons. The summed E-state index contributed by atoms with van der Waals surface area (Å²) < 4.78 is 7.59. The largest absolute Gasteiger partial charge is 0.481 e. The van der Waals surface area contributed by atoms with Crippen LogP contribution in [0.1, 0.15) is 17.0 Å². The standard InChI is InChI=1S/C13H21N3O3/c1-9-12(6-13(17)18)10(2)16(14-9)8-11-7-15(3)4-5-19-11/h11H,4-8H2,1-3H3,(H,17,18). The Bertz CT molecular complexity index is 470. The van der Waals surface area contributed by atoms with E-state index in [0.29, 0.717) is 6.54 Å². The smallest absolute Gasteiger partial charge is 0.307 e. The van der Waals surface area contributed by atoms with Crippen LogP contribution in [0.5, 0.6) is 0 Å². The number of carbonyl (C=O) groups is 1. The minimum absolute atomic E-state index is 0.0308. The summed E-state index contributed by atoms with van der Waals surface area (Å²) in [4.78, 5) is 13.1. The van der Waals surface area contributed by atoms with Gasteiger partial charge in [0.2, 0.25) is 0 Å². The molecule has 0 saturated carbocycles. The van der Waals surface area contributed by atoms with Gasteiger partial charge >= 0.3 is 5.97 Å². The number of rotatable bonds is 4. The van der Waals surface area contributed by atoms with Crippen LogP contribution in [0.3, 0.4) is 0 Å². The molecule has 1 fully saturated rings. The van der Waals surface area contributed by atoms with Crippen molar-refractivity contribution in [1.82, 2.24) is 14.7 Å². The molecule has 0 aliphatic carbocycles. The van der Waals surface area contributed by atoms with Gasteiger partial charge in [-0.05, 0) is 20.9 Å². The van der Waals surface area contributed by atoms with E-state index in [4.69, 9.17) is 9.84 Å². The van der Waals surface area contributed by atoms with Crippen LogP contribution in [0, 0.1) is 13.8 Å².